The Kier molecular flexibility index (Phi) is 6.56. The molecule has 0 saturated carbocycles. The molecule has 6 heteroatoms. The second-order valence-corrected chi connectivity index (χ2v) is 8.62. The number of nitrogens with one attached hydrogen (secondary N) is 2. The monoisotopic (exact) mass is 453 g/mol. The minimum atomic E-state index is 0.607. The maximum Gasteiger partial charge on any atom is 0.116 e. The average molecular weight is 454 g/mol. The van der Waals surface area contributed by atoms with Gasteiger partial charge in [0.2, 0.25) is 0 Å². The van der Waals surface area contributed by atoms with Gasteiger partial charge in [-0.05, 0) is 56.0 Å². The Morgan fingerprint density at radius 1 is 1.21 bits per heavy atom. The van der Waals surface area contributed by atoms with Crippen molar-refractivity contribution in [2.24, 2.45) is 0 Å². The van der Waals surface area contributed by atoms with Gasteiger partial charge in [0.1, 0.15) is 5.69 Å². The van der Waals surface area contributed by atoms with Crippen molar-refractivity contribution in [2.45, 2.75) is 20.8 Å². The topological polar surface area (TPSA) is 83.4 Å². The number of aromatic nitrogens is 4. The zero-order valence-electron chi connectivity index (χ0n) is 19.0. The third-order valence-electron chi connectivity index (χ3n) is 5.37. The van der Waals surface area contributed by atoms with Crippen LogP contribution in [0.4, 0.5) is 5.69 Å². The Labute approximate surface area is 197 Å². The van der Waals surface area contributed by atoms with Gasteiger partial charge in [-0.2, -0.15) is 5.10 Å². The molecular formula is C27H27N5S. The van der Waals surface area contributed by atoms with E-state index in [1.165, 1.54) is 10.5 Å². The Morgan fingerprint density at radius 2 is 2.06 bits per heavy atom. The summed E-state index contributed by atoms with van der Waals surface area (Å²) >= 11 is 1.73. The number of rotatable bonds is 6. The lowest BCUT2D eigenvalue weighted by atomic mass is 10.0. The second kappa shape index (κ2) is 9.71. The first-order chi connectivity index (χ1) is 16.0. The third-order valence-corrected chi connectivity index (χ3v) is 6.28. The Balaban J connectivity index is 1.84. The molecule has 0 unspecified atom stereocenters. The number of pyridine rings is 1. The molecular weight excluding hydrogens is 426 g/mol. The van der Waals surface area contributed by atoms with E-state index in [0.29, 0.717) is 5.69 Å². The van der Waals surface area contributed by atoms with Gasteiger partial charge in [-0.15, -0.1) is 11.3 Å². The first-order valence-electron chi connectivity index (χ1n) is 10.7. The zero-order valence-corrected chi connectivity index (χ0v) is 19.8. The van der Waals surface area contributed by atoms with Crippen molar-refractivity contribution >= 4 is 40.3 Å². The van der Waals surface area contributed by atoms with Crippen molar-refractivity contribution in [3.63, 3.8) is 0 Å². The highest BCUT2D eigenvalue weighted by Crippen LogP contribution is 2.32. The summed E-state index contributed by atoms with van der Waals surface area (Å²) in [5.41, 5.74) is 13.4. The Morgan fingerprint density at radius 3 is 2.76 bits per heavy atom. The van der Waals surface area contributed by atoms with E-state index in [1.54, 1.807) is 23.7 Å². The van der Waals surface area contributed by atoms with E-state index in [-0.39, 0.29) is 0 Å². The van der Waals surface area contributed by atoms with E-state index < -0.39 is 0 Å². The van der Waals surface area contributed by atoms with Crippen molar-refractivity contribution in [2.75, 3.05) is 5.73 Å². The Hall–Kier alpha value is -3.90. The molecule has 4 rings (SSSR count). The molecule has 0 spiro atoms. The maximum absolute atomic E-state index is 5.91. The highest BCUT2D eigenvalue weighted by molar-refractivity contribution is 7.11. The first kappa shape index (κ1) is 22.3. The average Bonchev–Trinajstić information content (AvgIpc) is 3.55. The molecule has 4 heterocycles. The molecule has 0 aliphatic carbocycles. The van der Waals surface area contributed by atoms with Crippen LogP contribution in [0.3, 0.4) is 0 Å². The number of aryl methyl sites for hydroxylation is 1. The second-order valence-electron chi connectivity index (χ2n) is 7.67. The molecule has 4 aromatic heterocycles. The van der Waals surface area contributed by atoms with Crippen LogP contribution >= 0.6 is 11.3 Å². The SMILES string of the molecule is C=C(/C=c1/c(-c2cc(/C(=C\C=C/C)c3cccs3)c(C)[nH]2)n[nH]/c1=C/C)c1cncc(N)c1. The molecule has 0 aliphatic rings. The number of allylic oxidation sites excluding steroid dienone is 4. The lowest BCUT2D eigenvalue weighted by Crippen LogP contribution is -2.23. The fourth-order valence-electron chi connectivity index (χ4n) is 3.72. The van der Waals surface area contributed by atoms with E-state index in [9.17, 15) is 0 Å². The van der Waals surface area contributed by atoms with E-state index in [0.717, 1.165) is 44.3 Å². The van der Waals surface area contributed by atoms with Crippen LogP contribution in [0.25, 0.3) is 34.7 Å². The van der Waals surface area contributed by atoms with Crippen LogP contribution in [-0.4, -0.2) is 20.2 Å². The van der Waals surface area contributed by atoms with Gasteiger partial charge in [-0.25, -0.2) is 0 Å². The molecule has 4 N–H and O–H groups in total. The number of anilines is 1. The molecule has 0 bridgehead atoms. The number of aromatic amines is 2. The molecule has 0 radical (unpaired) electrons. The first-order valence-corrected chi connectivity index (χ1v) is 11.6. The summed E-state index contributed by atoms with van der Waals surface area (Å²) < 4.78 is 0. The molecule has 33 heavy (non-hydrogen) atoms. The van der Waals surface area contributed by atoms with Crippen LogP contribution in [-0.2, 0) is 0 Å². The van der Waals surface area contributed by atoms with E-state index >= 15 is 0 Å². The number of nitrogen functional groups attached to an aromatic ring is 1. The van der Waals surface area contributed by atoms with Gasteiger partial charge in [0, 0.05) is 44.9 Å². The van der Waals surface area contributed by atoms with E-state index in [4.69, 9.17) is 5.73 Å². The summed E-state index contributed by atoms with van der Waals surface area (Å²) in [6.45, 7) is 10.3. The van der Waals surface area contributed by atoms with Gasteiger partial charge in [0.25, 0.3) is 0 Å². The Bertz CT molecular complexity index is 1460. The minimum Gasteiger partial charge on any atom is -0.397 e. The summed E-state index contributed by atoms with van der Waals surface area (Å²) in [5.74, 6) is 0. The van der Waals surface area contributed by atoms with Crippen LogP contribution in [0.2, 0.25) is 0 Å². The van der Waals surface area contributed by atoms with Gasteiger partial charge in [0.05, 0.1) is 16.7 Å². The predicted octanol–water partition coefficient (Wildman–Crippen LogP) is 5.05. The summed E-state index contributed by atoms with van der Waals surface area (Å²) in [4.78, 5) is 8.95. The molecule has 0 aliphatic heterocycles. The largest absolute Gasteiger partial charge is 0.397 e. The number of H-pyrrole nitrogens is 2. The number of hydrogen-bond donors (Lipinski definition) is 3. The normalized spacial score (nSPS) is 13.4. The third kappa shape index (κ3) is 4.66. The van der Waals surface area contributed by atoms with Crippen molar-refractivity contribution in [3.05, 3.63) is 99.1 Å². The summed E-state index contributed by atoms with van der Waals surface area (Å²) in [6, 6.07) is 8.26. The lowest BCUT2D eigenvalue weighted by Gasteiger charge is -2.03. The van der Waals surface area contributed by atoms with Gasteiger partial charge in [0.15, 0.2) is 0 Å². The lowest BCUT2D eigenvalue weighted by molar-refractivity contribution is 1.06. The molecule has 0 atom stereocenters. The highest BCUT2D eigenvalue weighted by atomic mass is 32.1. The van der Waals surface area contributed by atoms with E-state index in [1.807, 2.05) is 38.1 Å². The molecule has 5 nitrogen and oxygen atoms in total. The standard InChI is InChI=1S/C27H27N5S/c1-5-7-9-21(26-10-8-11-33-26)22-14-25(30-18(22)4)27-23(24(6-2)31-32-27)12-17(3)19-13-20(28)16-29-15-19/h5-16,30-31H,3,28H2,1-2,4H3/b7-5-,21-9+,23-12+,24-6+. The molecule has 0 amide bonds. The summed E-state index contributed by atoms with van der Waals surface area (Å²) in [7, 11) is 0. The number of hydrogen-bond acceptors (Lipinski definition) is 4. The predicted molar refractivity (Wildman–Crippen MR) is 141 cm³/mol. The van der Waals surface area contributed by atoms with Crippen molar-refractivity contribution in [1.82, 2.24) is 20.2 Å². The molecule has 0 saturated heterocycles. The minimum absolute atomic E-state index is 0.607. The van der Waals surface area contributed by atoms with Gasteiger partial charge in [-0.3, -0.25) is 10.1 Å². The highest BCUT2D eigenvalue weighted by Gasteiger charge is 2.15. The fraction of sp³-hybridized carbons (Fsp3) is 0.111. The fourth-order valence-corrected chi connectivity index (χ4v) is 4.49. The van der Waals surface area contributed by atoms with Crippen LogP contribution in [0.15, 0.2) is 66.8 Å². The van der Waals surface area contributed by atoms with E-state index in [2.05, 4.69) is 69.4 Å². The summed E-state index contributed by atoms with van der Waals surface area (Å²) in [6.07, 6.45) is 13.7. The quantitative estimate of drug-likeness (QED) is 0.357. The van der Waals surface area contributed by atoms with Crippen molar-refractivity contribution < 1.29 is 0 Å². The van der Waals surface area contributed by atoms with Crippen molar-refractivity contribution in [3.8, 4) is 11.4 Å². The van der Waals surface area contributed by atoms with Gasteiger partial charge >= 0.3 is 0 Å². The summed E-state index contributed by atoms with van der Waals surface area (Å²) in [5, 5.41) is 11.8. The van der Waals surface area contributed by atoms with Gasteiger partial charge in [-0.1, -0.05) is 36.9 Å². The van der Waals surface area contributed by atoms with Gasteiger partial charge < -0.3 is 10.7 Å². The van der Waals surface area contributed by atoms with Crippen LogP contribution in [0, 0.1) is 6.92 Å². The van der Waals surface area contributed by atoms with Crippen LogP contribution in [0.5, 0.6) is 0 Å². The maximum atomic E-state index is 5.91. The van der Waals surface area contributed by atoms with Crippen LogP contribution in [0.1, 0.15) is 35.5 Å². The van der Waals surface area contributed by atoms with Crippen LogP contribution < -0.4 is 16.3 Å². The molecule has 4 aromatic rings. The number of nitrogens with zero attached hydrogens (tertiary/aromatic N) is 2. The number of nitrogens with two attached hydrogens (primary N) is 1. The number of thiophene rings is 1. The molecule has 0 fully saturated rings. The molecule has 166 valence electrons. The van der Waals surface area contributed by atoms with Crippen molar-refractivity contribution in [1.29, 1.82) is 0 Å². The smallest absolute Gasteiger partial charge is 0.116 e. The molecule has 0 aromatic carbocycles. The zero-order chi connectivity index (χ0) is 23.4.